The molecular weight excluding hydrogens is 299 g/mol. The van der Waals surface area contributed by atoms with Crippen LogP contribution in [0.4, 0.5) is 10.6 Å². The number of rotatable bonds is 1. The van der Waals surface area contributed by atoms with Crippen LogP contribution in [0.25, 0.3) is 0 Å². The van der Waals surface area contributed by atoms with Gasteiger partial charge in [0.2, 0.25) is 0 Å². The minimum Gasteiger partial charge on any atom is -0.443 e. The number of ether oxygens (including phenoxy) is 1. The highest BCUT2D eigenvalue weighted by Gasteiger charge is 2.34. The van der Waals surface area contributed by atoms with Gasteiger partial charge < -0.3 is 4.74 Å². The number of hydrogen-bond donors (Lipinski definition) is 0. The minimum absolute atomic E-state index is 0.266. The predicted molar refractivity (Wildman–Crippen MR) is 82.7 cm³/mol. The summed E-state index contributed by atoms with van der Waals surface area (Å²) >= 11 is 12.0. The zero-order chi connectivity index (χ0) is 15.7. The Labute approximate surface area is 130 Å². The van der Waals surface area contributed by atoms with E-state index in [1.807, 2.05) is 20.8 Å². The molecule has 6 heteroatoms. The van der Waals surface area contributed by atoms with E-state index in [9.17, 15) is 4.79 Å². The van der Waals surface area contributed by atoms with Gasteiger partial charge in [-0.25, -0.2) is 9.78 Å². The van der Waals surface area contributed by atoms with Crippen LogP contribution in [0, 0.1) is 0 Å². The summed E-state index contributed by atoms with van der Waals surface area (Å²) in [5.41, 5.74) is -1.16. The lowest BCUT2D eigenvalue weighted by molar-refractivity contribution is 0.0549. The van der Waals surface area contributed by atoms with E-state index in [2.05, 4.69) is 4.98 Å². The SMILES string of the molecule is CC(C)(C)OC(=O)N(c1nc(Cl)ccc1Cl)C(C)(C)C. The number of carbonyl (C=O) groups excluding carboxylic acids is 1. The fourth-order valence-electron chi connectivity index (χ4n) is 1.55. The van der Waals surface area contributed by atoms with Crippen molar-refractivity contribution in [2.45, 2.75) is 52.7 Å². The summed E-state index contributed by atoms with van der Waals surface area (Å²) in [6, 6.07) is 3.18. The highest BCUT2D eigenvalue weighted by atomic mass is 35.5. The van der Waals surface area contributed by atoms with Gasteiger partial charge in [0.05, 0.1) is 5.02 Å². The molecule has 112 valence electrons. The Bertz CT molecular complexity index is 505. The van der Waals surface area contributed by atoms with E-state index in [0.29, 0.717) is 10.8 Å². The molecule has 1 amide bonds. The Balaban J connectivity index is 3.27. The van der Waals surface area contributed by atoms with Crippen molar-refractivity contribution in [1.29, 1.82) is 0 Å². The molecule has 0 bridgehead atoms. The second-order valence-corrected chi connectivity index (χ2v) is 7.22. The number of aromatic nitrogens is 1. The molecule has 0 radical (unpaired) electrons. The third-order valence-electron chi connectivity index (χ3n) is 2.25. The average molecular weight is 319 g/mol. The molecule has 0 saturated carbocycles. The van der Waals surface area contributed by atoms with Gasteiger partial charge in [0.1, 0.15) is 10.8 Å². The molecule has 0 N–H and O–H groups in total. The number of hydrogen-bond acceptors (Lipinski definition) is 3. The van der Waals surface area contributed by atoms with Crippen molar-refractivity contribution in [1.82, 2.24) is 4.98 Å². The van der Waals surface area contributed by atoms with Gasteiger partial charge in [-0.2, -0.15) is 0 Å². The molecule has 20 heavy (non-hydrogen) atoms. The molecule has 0 aromatic carbocycles. The van der Waals surface area contributed by atoms with Gasteiger partial charge in [0, 0.05) is 5.54 Å². The zero-order valence-electron chi connectivity index (χ0n) is 12.6. The van der Waals surface area contributed by atoms with Crippen molar-refractivity contribution in [3.63, 3.8) is 0 Å². The molecule has 1 rings (SSSR count). The first-order chi connectivity index (χ1) is 8.92. The average Bonchev–Trinajstić information content (AvgIpc) is 2.18. The summed E-state index contributed by atoms with van der Waals surface area (Å²) < 4.78 is 5.42. The van der Waals surface area contributed by atoms with Crippen LogP contribution < -0.4 is 4.90 Å². The second kappa shape index (κ2) is 5.78. The van der Waals surface area contributed by atoms with E-state index in [0.717, 1.165) is 0 Å². The van der Waals surface area contributed by atoms with Crippen molar-refractivity contribution >= 4 is 35.1 Å². The van der Waals surface area contributed by atoms with E-state index < -0.39 is 17.2 Å². The molecule has 4 nitrogen and oxygen atoms in total. The lowest BCUT2D eigenvalue weighted by atomic mass is 10.1. The van der Waals surface area contributed by atoms with E-state index in [1.54, 1.807) is 32.9 Å². The molecule has 0 fully saturated rings. The van der Waals surface area contributed by atoms with Crippen LogP contribution in [-0.4, -0.2) is 22.2 Å². The highest BCUT2D eigenvalue weighted by molar-refractivity contribution is 6.34. The Morgan fingerprint density at radius 3 is 2.15 bits per heavy atom. The van der Waals surface area contributed by atoms with Gasteiger partial charge >= 0.3 is 6.09 Å². The fourth-order valence-corrected chi connectivity index (χ4v) is 1.88. The van der Waals surface area contributed by atoms with Crippen LogP contribution in [0.2, 0.25) is 10.2 Å². The fraction of sp³-hybridized carbons (Fsp3) is 0.571. The van der Waals surface area contributed by atoms with Gasteiger partial charge in [0.15, 0.2) is 5.82 Å². The monoisotopic (exact) mass is 318 g/mol. The normalized spacial score (nSPS) is 12.2. The van der Waals surface area contributed by atoms with Crippen molar-refractivity contribution in [3.05, 3.63) is 22.3 Å². The van der Waals surface area contributed by atoms with Gasteiger partial charge in [-0.3, -0.25) is 4.90 Å². The Hall–Kier alpha value is -1.000. The molecule has 1 aromatic heterocycles. The molecule has 0 saturated heterocycles. The third-order valence-corrected chi connectivity index (χ3v) is 2.76. The van der Waals surface area contributed by atoms with Crippen LogP contribution in [-0.2, 0) is 4.74 Å². The maximum Gasteiger partial charge on any atom is 0.416 e. The quantitative estimate of drug-likeness (QED) is 0.689. The Morgan fingerprint density at radius 2 is 1.70 bits per heavy atom. The van der Waals surface area contributed by atoms with Crippen molar-refractivity contribution in [3.8, 4) is 0 Å². The summed E-state index contributed by atoms with van der Waals surface area (Å²) in [7, 11) is 0. The summed E-state index contributed by atoms with van der Waals surface area (Å²) in [5.74, 6) is 0.293. The summed E-state index contributed by atoms with van der Waals surface area (Å²) in [6.45, 7) is 11.0. The van der Waals surface area contributed by atoms with Gasteiger partial charge in [-0.1, -0.05) is 23.2 Å². The first kappa shape index (κ1) is 17.1. The zero-order valence-corrected chi connectivity index (χ0v) is 14.1. The molecular formula is C14H20Cl2N2O2. The number of nitrogens with zero attached hydrogens (tertiary/aromatic N) is 2. The first-order valence-corrected chi connectivity index (χ1v) is 7.02. The van der Waals surface area contributed by atoms with Crippen LogP contribution >= 0.6 is 23.2 Å². The number of carbonyl (C=O) groups is 1. The van der Waals surface area contributed by atoms with Gasteiger partial charge in [0.25, 0.3) is 0 Å². The van der Waals surface area contributed by atoms with Crippen LogP contribution in [0.3, 0.4) is 0 Å². The van der Waals surface area contributed by atoms with E-state index in [-0.39, 0.29) is 5.15 Å². The topological polar surface area (TPSA) is 42.4 Å². The van der Waals surface area contributed by atoms with Gasteiger partial charge in [-0.05, 0) is 53.7 Å². The van der Waals surface area contributed by atoms with Crippen LogP contribution in [0.15, 0.2) is 12.1 Å². The van der Waals surface area contributed by atoms with Crippen molar-refractivity contribution < 1.29 is 9.53 Å². The van der Waals surface area contributed by atoms with Gasteiger partial charge in [-0.15, -0.1) is 0 Å². The third kappa shape index (κ3) is 4.53. The molecule has 0 unspecified atom stereocenters. The molecule has 0 aliphatic carbocycles. The first-order valence-electron chi connectivity index (χ1n) is 6.27. The van der Waals surface area contributed by atoms with E-state index >= 15 is 0 Å². The number of halogens is 2. The number of amides is 1. The Morgan fingerprint density at radius 1 is 1.15 bits per heavy atom. The maximum absolute atomic E-state index is 12.4. The molecule has 1 heterocycles. The highest BCUT2D eigenvalue weighted by Crippen LogP contribution is 2.31. The molecule has 0 spiro atoms. The Kier molecular flexibility index (Phi) is 4.93. The van der Waals surface area contributed by atoms with E-state index in [1.165, 1.54) is 4.90 Å². The molecule has 0 aliphatic rings. The van der Waals surface area contributed by atoms with Crippen LogP contribution in [0.1, 0.15) is 41.5 Å². The van der Waals surface area contributed by atoms with Crippen molar-refractivity contribution in [2.75, 3.05) is 4.90 Å². The molecule has 0 aliphatic heterocycles. The minimum atomic E-state index is -0.606. The standard InChI is InChI=1S/C14H20Cl2N2O2/c1-13(2,3)18(12(19)20-14(4,5)6)11-9(15)7-8-10(16)17-11/h7-8H,1-6H3. The van der Waals surface area contributed by atoms with Crippen LogP contribution in [0.5, 0.6) is 0 Å². The summed E-state index contributed by atoms with van der Waals surface area (Å²) in [6.07, 6.45) is -0.512. The predicted octanol–water partition coefficient (Wildman–Crippen LogP) is 4.93. The summed E-state index contributed by atoms with van der Waals surface area (Å²) in [4.78, 5) is 18.0. The van der Waals surface area contributed by atoms with E-state index in [4.69, 9.17) is 27.9 Å². The second-order valence-electron chi connectivity index (χ2n) is 6.43. The number of pyridine rings is 1. The maximum atomic E-state index is 12.4. The van der Waals surface area contributed by atoms with Crippen molar-refractivity contribution in [2.24, 2.45) is 0 Å². The lowest BCUT2D eigenvalue weighted by Crippen LogP contribution is -2.48. The smallest absolute Gasteiger partial charge is 0.416 e. The lowest BCUT2D eigenvalue weighted by Gasteiger charge is -2.36. The number of anilines is 1. The largest absolute Gasteiger partial charge is 0.443 e. The summed E-state index contributed by atoms with van der Waals surface area (Å²) in [5, 5.41) is 0.609. The molecule has 1 aromatic rings. The molecule has 0 atom stereocenters.